The lowest BCUT2D eigenvalue weighted by molar-refractivity contribution is -0.120. The number of thiophene rings is 1. The highest BCUT2D eigenvalue weighted by atomic mass is 32.2. The van der Waals surface area contributed by atoms with E-state index in [0.29, 0.717) is 30.0 Å². The first-order valence-corrected chi connectivity index (χ1v) is 12.8. The molecule has 1 unspecified atom stereocenters. The summed E-state index contributed by atoms with van der Waals surface area (Å²) >= 11 is 1.47. The van der Waals surface area contributed by atoms with Crippen LogP contribution in [0.25, 0.3) is 0 Å². The van der Waals surface area contributed by atoms with Gasteiger partial charge in [0, 0.05) is 18.0 Å². The maximum absolute atomic E-state index is 13.2. The van der Waals surface area contributed by atoms with E-state index >= 15 is 0 Å². The molecule has 1 aliphatic heterocycles. The van der Waals surface area contributed by atoms with Gasteiger partial charge in [0.2, 0.25) is 15.9 Å². The SMILES string of the molecule is N#Cc1c(NC(=O)C2CCCN(S(=O)(=O)c3ccc(F)cc3)C2)sc2c1CCCCC2. The minimum Gasteiger partial charge on any atom is -0.316 e. The smallest absolute Gasteiger partial charge is 0.243 e. The number of rotatable bonds is 4. The molecule has 1 amide bonds. The molecule has 0 saturated carbocycles. The normalized spacial score (nSPS) is 19.8. The van der Waals surface area contributed by atoms with Crippen molar-refractivity contribution in [3.05, 3.63) is 46.1 Å². The van der Waals surface area contributed by atoms with Crippen molar-refractivity contribution in [2.75, 3.05) is 18.4 Å². The van der Waals surface area contributed by atoms with Gasteiger partial charge in [-0.3, -0.25) is 4.79 Å². The largest absolute Gasteiger partial charge is 0.316 e. The highest BCUT2D eigenvalue weighted by Gasteiger charge is 2.34. The van der Waals surface area contributed by atoms with E-state index in [9.17, 15) is 22.9 Å². The molecule has 6 nitrogen and oxygen atoms in total. The molecule has 2 aromatic rings. The van der Waals surface area contributed by atoms with Gasteiger partial charge in [0.05, 0.1) is 16.4 Å². The average Bonchev–Trinajstić information content (AvgIpc) is 2.92. The number of nitriles is 1. The number of nitrogens with zero attached hydrogens (tertiary/aromatic N) is 2. The fourth-order valence-electron chi connectivity index (χ4n) is 4.29. The second-order valence-corrected chi connectivity index (χ2v) is 11.1. The molecule has 31 heavy (non-hydrogen) atoms. The summed E-state index contributed by atoms with van der Waals surface area (Å²) in [5.74, 6) is -1.26. The third-order valence-electron chi connectivity index (χ3n) is 5.98. The van der Waals surface area contributed by atoms with Crippen LogP contribution in [0.1, 0.15) is 48.1 Å². The monoisotopic (exact) mass is 461 g/mol. The van der Waals surface area contributed by atoms with Crippen LogP contribution >= 0.6 is 11.3 Å². The van der Waals surface area contributed by atoms with Crippen LogP contribution < -0.4 is 5.32 Å². The van der Waals surface area contributed by atoms with Crippen LogP contribution in [-0.4, -0.2) is 31.7 Å². The topological polar surface area (TPSA) is 90.3 Å². The Labute approximate surface area is 185 Å². The number of hydrogen-bond donors (Lipinski definition) is 1. The maximum atomic E-state index is 13.2. The quantitative estimate of drug-likeness (QED) is 0.695. The number of sulfonamides is 1. The van der Waals surface area contributed by atoms with Crippen molar-refractivity contribution < 1.29 is 17.6 Å². The van der Waals surface area contributed by atoms with E-state index in [4.69, 9.17) is 0 Å². The Morgan fingerprint density at radius 1 is 1.16 bits per heavy atom. The molecular formula is C22H24FN3O3S2. The summed E-state index contributed by atoms with van der Waals surface area (Å²) in [6, 6.07) is 6.97. The maximum Gasteiger partial charge on any atom is 0.243 e. The van der Waals surface area contributed by atoms with Crippen molar-refractivity contribution in [2.45, 2.75) is 49.8 Å². The Morgan fingerprint density at radius 2 is 1.90 bits per heavy atom. The van der Waals surface area contributed by atoms with Crippen molar-refractivity contribution in [3.8, 4) is 6.07 Å². The van der Waals surface area contributed by atoms with Gasteiger partial charge in [-0.15, -0.1) is 11.3 Å². The minimum absolute atomic E-state index is 0.0173. The van der Waals surface area contributed by atoms with E-state index < -0.39 is 21.8 Å². The molecule has 1 aliphatic carbocycles. The number of amides is 1. The van der Waals surface area contributed by atoms with E-state index in [-0.39, 0.29) is 17.3 Å². The number of carbonyl (C=O) groups excluding carboxylic acids is 1. The molecule has 0 spiro atoms. The Kier molecular flexibility index (Phi) is 6.42. The van der Waals surface area contributed by atoms with Gasteiger partial charge in [0.1, 0.15) is 16.9 Å². The molecule has 1 aromatic carbocycles. The lowest BCUT2D eigenvalue weighted by atomic mass is 9.98. The predicted octanol–water partition coefficient (Wildman–Crippen LogP) is 4.07. The summed E-state index contributed by atoms with van der Waals surface area (Å²) in [4.78, 5) is 14.2. The molecule has 1 saturated heterocycles. The first-order valence-electron chi connectivity index (χ1n) is 10.5. The highest BCUT2D eigenvalue weighted by Crippen LogP contribution is 2.37. The number of aryl methyl sites for hydroxylation is 1. The van der Waals surface area contributed by atoms with Gasteiger partial charge in [-0.05, 0) is 68.4 Å². The van der Waals surface area contributed by atoms with Crippen LogP contribution in [-0.2, 0) is 27.7 Å². The molecule has 9 heteroatoms. The molecule has 0 radical (unpaired) electrons. The zero-order chi connectivity index (χ0) is 22.0. The summed E-state index contributed by atoms with van der Waals surface area (Å²) in [5.41, 5.74) is 1.62. The number of piperidine rings is 1. The van der Waals surface area contributed by atoms with Gasteiger partial charge in [-0.1, -0.05) is 6.42 Å². The van der Waals surface area contributed by atoms with Crippen LogP contribution in [0.2, 0.25) is 0 Å². The zero-order valence-corrected chi connectivity index (χ0v) is 18.7. The molecule has 1 atom stereocenters. The molecule has 0 bridgehead atoms. The van der Waals surface area contributed by atoms with Crippen LogP contribution in [0.15, 0.2) is 29.2 Å². The van der Waals surface area contributed by atoms with E-state index in [0.717, 1.165) is 49.8 Å². The van der Waals surface area contributed by atoms with Gasteiger partial charge < -0.3 is 5.32 Å². The molecule has 4 rings (SSSR count). The van der Waals surface area contributed by atoms with Gasteiger partial charge >= 0.3 is 0 Å². The third-order valence-corrected chi connectivity index (χ3v) is 9.06. The number of benzene rings is 1. The molecule has 164 valence electrons. The average molecular weight is 462 g/mol. The highest BCUT2D eigenvalue weighted by molar-refractivity contribution is 7.89. The molecular weight excluding hydrogens is 437 g/mol. The molecule has 1 fully saturated rings. The second-order valence-electron chi connectivity index (χ2n) is 8.03. The fraction of sp³-hybridized carbons (Fsp3) is 0.455. The number of hydrogen-bond acceptors (Lipinski definition) is 5. The van der Waals surface area contributed by atoms with Crippen LogP contribution in [0.5, 0.6) is 0 Å². The van der Waals surface area contributed by atoms with Gasteiger partial charge in [-0.2, -0.15) is 9.57 Å². The predicted molar refractivity (Wildman–Crippen MR) is 117 cm³/mol. The molecule has 1 N–H and O–H groups in total. The minimum atomic E-state index is -3.80. The number of nitrogens with one attached hydrogen (secondary N) is 1. The van der Waals surface area contributed by atoms with Crippen molar-refractivity contribution in [1.82, 2.24) is 4.31 Å². The van der Waals surface area contributed by atoms with Gasteiger partial charge in [-0.25, -0.2) is 12.8 Å². The zero-order valence-electron chi connectivity index (χ0n) is 17.1. The molecule has 1 aromatic heterocycles. The van der Waals surface area contributed by atoms with E-state index in [2.05, 4.69) is 11.4 Å². The van der Waals surface area contributed by atoms with E-state index in [1.807, 2.05) is 0 Å². The summed E-state index contributed by atoms with van der Waals surface area (Å²) in [5, 5.41) is 13.2. The summed E-state index contributed by atoms with van der Waals surface area (Å²) in [7, 11) is -3.80. The number of carbonyl (C=O) groups is 1. The van der Waals surface area contributed by atoms with Gasteiger partial charge in [0.15, 0.2) is 0 Å². The van der Waals surface area contributed by atoms with Crippen LogP contribution in [0, 0.1) is 23.1 Å². The van der Waals surface area contributed by atoms with Crippen LogP contribution in [0.4, 0.5) is 9.39 Å². The number of anilines is 1. The van der Waals surface area contributed by atoms with Crippen LogP contribution in [0.3, 0.4) is 0 Å². The first kappa shape index (κ1) is 21.9. The Bertz CT molecular complexity index is 1120. The number of fused-ring (bicyclic) bond motifs is 1. The Hall–Kier alpha value is -2.28. The Balaban J connectivity index is 1.50. The molecule has 2 aliphatic rings. The van der Waals surface area contributed by atoms with Crippen molar-refractivity contribution in [1.29, 1.82) is 5.26 Å². The first-order chi connectivity index (χ1) is 14.9. The van der Waals surface area contributed by atoms with Crippen molar-refractivity contribution in [2.24, 2.45) is 5.92 Å². The van der Waals surface area contributed by atoms with Crippen molar-refractivity contribution in [3.63, 3.8) is 0 Å². The third kappa shape index (κ3) is 4.52. The standard InChI is InChI=1S/C22H24FN3O3S2/c23-16-8-10-17(11-9-16)31(28,29)26-12-4-5-15(14-26)21(27)25-22-19(13-24)18-6-2-1-3-7-20(18)30-22/h8-11,15H,1-7,12,14H2,(H,25,27). The fourth-order valence-corrected chi connectivity index (χ4v) is 7.06. The van der Waals surface area contributed by atoms with E-state index in [1.165, 1.54) is 32.7 Å². The molecule has 2 heterocycles. The summed E-state index contributed by atoms with van der Waals surface area (Å²) < 4.78 is 40.3. The lowest BCUT2D eigenvalue weighted by Crippen LogP contribution is -2.43. The van der Waals surface area contributed by atoms with Gasteiger partial charge in [0.25, 0.3) is 0 Å². The summed E-state index contributed by atoms with van der Waals surface area (Å²) in [6.45, 7) is 0.388. The van der Waals surface area contributed by atoms with Crippen molar-refractivity contribution >= 4 is 32.3 Å². The summed E-state index contributed by atoms with van der Waals surface area (Å²) in [6.07, 6.45) is 6.21. The van der Waals surface area contributed by atoms with E-state index in [1.54, 1.807) is 0 Å². The Morgan fingerprint density at radius 3 is 2.65 bits per heavy atom. The lowest BCUT2D eigenvalue weighted by Gasteiger charge is -2.31. The number of halogens is 1. The second kappa shape index (κ2) is 9.07.